The molecule has 0 bridgehead atoms. The van der Waals surface area contributed by atoms with Gasteiger partial charge in [0.2, 0.25) is 11.9 Å². The standard InChI is InChI=1S/C19H16ClN5O3/c1-28-12-8-6-11(7-9-12)17-22-19-23-18(27)15(25(19)24-17)10-16(26)21-14-5-3-2-4-13(14)20/h2-9,15H,10H2,1H3,(H,21,26)(H,22,23,24,27)/t15-/m1/s1. The molecule has 2 heterocycles. The van der Waals surface area contributed by atoms with Gasteiger partial charge in [0.1, 0.15) is 11.8 Å². The number of hydrogen-bond acceptors (Lipinski definition) is 5. The first kappa shape index (κ1) is 18.0. The largest absolute Gasteiger partial charge is 0.497 e. The number of aromatic nitrogens is 3. The first-order chi connectivity index (χ1) is 13.5. The molecule has 28 heavy (non-hydrogen) atoms. The van der Waals surface area contributed by atoms with Gasteiger partial charge in [-0.1, -0.05) is 23.7 Å². The molecule has 2 aromatic carbocycles. The lowest BCUT2D eigenvalue weighted by atomic mass is 10.2. The van der Waals surface area contributed by atoms with E-state index in [4.69, 9.17) is 16.3 Å². The van der Waals surface area contributed by atoms with Crippen molar-refractivity contribution in [2.75, 3.05) is 17.7 Å². The van der Waals surface area contributed by atoms with Crippen LogP contribution < -0.4 is 15.4 Å². The van der Waals surface area contributed by atoms with E-state index in [1.165, 1.54) is 4.68 Å². The molecule has 0 unspecified atom stereocenters. The summed E-state index contributed by atoms with van der Waals surface area (Å²) in [6, 6.07) is 13.4. The van der Waals surface area contributed by atoms with E-state index in [0.717, 1.165) is 11.3 Å². The minimum atomic E-state index is -0.781. The van der Waals surface area contributed by atoms with Gasteiger partial charge in [0.25, 0.3) is 5.91 Å². The Labute approximate surface area is 165 Å². The number of fused-ring (bicyclic) bond motifs is 1. The van der Waals surface area contributed by atoms with Crippen LogP contribution in [0.25, 0.3) is 11.4 Å². The Morgan fingerprint density at radius 3 is 2.71 bits per heavy atom. The van der Waals surface area contributed by atoms with E-state index in [9.17, 15) is 9.59 Å². The van der Waals surface area contributed by atoms with Gasteiger partial charge in [0.15, 0.2) is 5.82 Å². The van der Waals surface area contributed by atoms with Crippen LogP contribution in [-0.2, 0) is 9.59 Å². The molecule has 2 N–H and O–H groups in total. The molecule has 9 heteroatoms. The van der Waals surface area contributed by atoms with Crippen LogP contribution in [-0.4, -0.2) is 33.7 Å². The van der Waals surface area contributed by atoms with Crippen LogP contribution in [0, 0.1) is 0 Å². The first-order valence-electron chi connectivity index (χ1n) is 8.51. The molecule has 1 aliphatic heterocycles. The molecule has 8 nitrogen and oxygen atoms in total. The first-order valence-corrected chi connectivity index (χ1v) is 8.89. The molecular weight excluding hydrogens is 382 g/mol. The maximum atomic E-state index is 12.4. The van der Waals surface area contributed by atoms with Gasteiger partial charge in [0.05, 0.1) is 24.2 Å². The predicted octanol–water partition coefficient (Wildman–Crippen LogP) is 3.13. The van der Waals surface area contributed by atoms with Crippen molar-refractivity contribution in [2.45, 2.75) is 12.5 Å². The van der Waals surface area contributed by atoms with E-state index in [2.05, 4.69) is 20.7 Å². The number of methoxy groups -OCH3 is 1. The lowest BCUT2D eigenvalue weighted by Crippen LogP contribution is -2.23. The fourth-order valence-corrected chi connectivity index (χ4v) is 3.09. The van der Waals surface area contributed by atoms with Crippen LogP contribution in [0.3, 0.4) is 0 Å². The number of nitrogens with zero attached hydrogens (tertiary/aromatic N) is 3. The molecular formula is C19H16ClN5O3. The number of anilines is 2. The smallest absolute Gasteiger partial charge is 0.252 e. The zero-order valence-electron chi connectivity index (χ0n) is 14.8. The van der Waals surface area contributed by atoms with Crippen LogP contribution in [0.4, 0.5) is 11.6 Å². The van der Waals surface area contributed by atoms with Gasteiger partial charge in [0, 0.05) is 5.56 Å². The summed E-state index contributed by atoms with van der Waals surface area (Å²) in [7, 11) is 1.59. The normalized spacial score (nSPS) is 15.1. The highest BCUT2D eigenvalue weighted by atomic mass is 35.5. The van der Waals surface area contributed by atoms with Gasteiger partial charge in [-0.3, -0.25) is 14.9 Å². The van der Waals surface area contributed by atoms with Crippen LogP contribution in [0.1, 0.15) is 12.5 Å². The summed E-state index contributed by atoms with van der Waals surface area (Å²) in [5, 5.41) is 10.2. The molecule has 1 atom stereocenters. The van der Waals surface area contributed by atoms with Crippen LogP contribution in [0.5, 0.6) is 5.75 Å². The fourth-order valence-electron chi connectivity index (χ4n) is 2.91. The number of rotatable bonds is 5. The van der Waals surface area contributed by atoms with E-state index in [-0.39, 0.29) is 18.2 Å². The Morgan fingerprint density at radius 2 is 2.00 bits per heavy atom. The van der Waals surface area contributed by atoms with Crippen molar-refractivity contribution < 1.29 is 14.3 Å². The molecule has 1 aromatic heterocycles. The van der Waals surface area contributed by atoms with Crippen molar-refractivity contribution >= 4 is 35.1 Å². The second kappa shape index (κ2) is 7.32. The summed E-state index contributed by atoms with van der Waals surface area (Å²) in [5.41, 5.74) is 1.27. The van der Waals surface area contributed by atoms with E-state index < -0.39 is 6.04 Å². The second-order valence-corrected chi connectivity index (χ2v) is 6.58. The number of carbonyl (C=O) groups is 2. The Hall–Kier alpha value is -3.39. The van der Waals surface area contributed by atoms with Crippen molar-refractivity contribution in [2.24, 2.45) is 0 Å². The molecule has 3 aromatic rings. The molecule has 1 aliphatic rings. The average Bonchev–Trinajstić information content (AvgIpc) is 3.22. The minimum Gasteiger partial charge on any atom is -0.497 e. The highest BCUT2D eigenvalue weighted by molar-refractivity contribution is 6.33. The quantitative estimate of drug-likeness (QED) is 0.689. The Kier molecular flexibility index (Phi) is 4.70. The Bertz CT molecular complexity index is 1050. The van der Waals surface area contributed by atoms with Crippen molar-refractivity contribution in [1.82, 2.24) is 14.8 Å². The molecule has 0 spiro atoms. The van der Waals surface area contributed by atoms with Crippen molar-refractivity contribution in [3.8, 4) is 17.1 Å². The number of nitrogens with one attached hydrogen (secondary N) is 2. The molecule has 2 amide bonds. The zero-order valence-corrected chi connectivity index (χ0v) is 15.6. The van der Waals surface area contributed by atoms with E-state index in [1.54, 1.807) is 43.5 Å². The molecule has 142 valence electrons. The maximum Gasteiger partial charge on any atom is 0.252 e. The number of ether oxygens (including phenoxy) is 1. The van der Waals surface area contributed by atoms with Gasteiger partial charge in [-0.05, 0) is 36.4 Å². The van der Waals surface area contributed by atoms with Gasteiger partial charge in [-0.2, -0.15) is 4.98 Å². The highest BCUT2D eigenvalue weighted by Gasteiger charge is 2.35. The number of para-hydroxylation sites is 1. The second-order valence-electron chi connectivity index (χ2n) is 6.17. The third-order valence-electron chi connectivity index (χ3n) is 4.34. The number of benzene rings is 2. The van der Waals surface area contributed by atoms with Crippen molar-refractivity contribution in [3.63, 3.8) is 0 Å². The summed E-state index contributed by atoms with van der Waals surface area (Å²) in [6.07, 6.45) is -0.0878. The summed E-state index contributed by atoms with van der Waals surface area (Å²) in [4.78, 5) is 29.0. The number of carbonyl (C=O) groups excluding carboxylic acids is 2. The Balaban J connectivity index is 1.52. The molecule has 0 aliphatic carbocycles. The summed E-state index contributed by atoms with van der Waals surface area (Å²) in [5.74, 6) is 0.812. The Morgan fingerprint density at radius 1 is 1.25 bits per heavy atom. The number of amides is 2. The number of halogens is 1. The summed E-state index contributed by atoms with van der Waals surface area (Å²) in [6.45, 7) is 0. The molecule has 4 rings (SSSR count). The molecule has 0 fully saturated rings. The molecule has 0 radical (unpaired) electrons. The topological polar surface area (TPSA) is 98.1 Å². The van der Waals surface area contributed by atoms with Crippen molar-refractivity contribution in [3.05, 3.63) is 53.6 Å². The minimum absolute atomic E-state index is 0.0878. The number of hydrogen-bond donors (Lipinski definition) is 2. The van der Waals surface area contributed by atoms with Crippen molar-refractivity contribution in [1.29, 1.82) is 0 Å². The van der Waals surface area contributed by atoms with E-state index >= 15 is 0 Å². The fraction of sp³-hybridized carbons (Fsp3) is 0.158. The SMILES string of the molecule is COc1ccc(-c2nc3n(n2)[C@H](CC(=O)Nc2ccccc2Cl)C(=O)N3)cc1. The zero-order chi connectivity index (χ0) is 19.7. The predicted molar refractivity (Wildman–Crippen MR) is 104 cm³/mol. The third-order valence-corrected chi connectivity index (χ3v) is 4.67. The lowest BCUT2D eigenvalue weighted by molar-refractivity contribution is -0.123. The van der Waals surface area contributed by atoms with Crippen LogP contribution >= 0.6 is 11.6 Å². The summed E-state index contributed by atoms with van der Waals surface area (Å²) < 4.78 is 6.58. The molecule has 0 saturated carbocycles. The molecule has 0 saturated heterocycles. The van der Waals surface area contributed by atoms with Gasteiger partial charge in [-0.15, -0.1) is 5.10 Å². The monoisotopic (exact) mass is 397 g/mol. The van der Waals surface area contributed by atoms with Crippen LogP contribution in [0.15, 0.2) is 48.5 Å². The van der Waals surface area contributed by atoms with Crippen LogP contribution in [0.2, 0.25) is 5.02 Å². The maximum absolute atomic E-state index is 12.4. The summed E-state index contributed by atoms with van der Waals surface area (Å²) >= 11 is 6.06. The third kappa shape index (κ3) is 3.41. The lowest BCUT2D eigenvalue weighted by Gasteiger charge is -2.10. The van der Waals surface area contributed by atoms with E-state index in [1.807, 2.05) is 12.1 Å². The highest BCUT2D eigenvalue weighted by Crippen LogP contribution is 2.29. The van der Waals surface area contributed by atoms with Gasteiger partial charge < -0.3 is 10.1 Å². The average molecular weight is 398 g/mol. The van der Waals surface area contributed by atoms with E-state index in [0.29, 0.717) is 22.5 Å². The van der Waals surface area contributed by atoms with Gasteiger partial charge in [-0.25, -0.2) is 4.68 Å². The van der Waals surface area contributed by atoms with Gasteiger partial charge >= 0.3 is 0 Å².